The largest absolute Gasteiger partial charge is 0.710 e. The Bertz CT molecular complexity index is 770. The van der Waals surface area contributed by atoms with Gasteiger partial charge in [-0.3, -0.25) is 0 Å². The summed E-state index contributed by atoms with van der Waals surface area (Å²) in [6.45, 7) is 0. The van der Waals surface area contributed by atoms with Crippen molar-refractivity contribution in [3.8, 4) is 0 Å². The van der Waals surface area contributed by atoms with Crippen molar-refractivity contribution in [2.45, 2.75) is 0 Å². The third-order valence-corrected chi connectivity index (χ3v) is 3.00. The Balaban J connectivity index is 1.71. The van der Waals surface area contributed by atoms with Gasteiger partial charge in [0.15, 0.2) is 0 Å². The molecule has 0 fully saturated rings. The molecule has 0 spiro atoms. The molecule has 5 heteroatoms. The number of benzene rings is 2. The molecule has 3 aromatic rings. The summed E-state index contributed by atoms with van der Waals surface area (Å²) in [6.07, 6.45) is 1.39. The molecule has 0 amide bonds. The second kappa shape index (κ2) is 6.49. The van der Waals surface area contributed by atoms with Crippen LogP contribution in [0, 0.1) is 5.21 Å². The van der Waals surface area contributed by atoms with Crippen molar-refractivity contribution in [3.05, 3.63) is 84.2 Å². The van der Waals surface area contributed by atoms with Crippen LogP contribution in [0.2, 0.25) is 0 Å². The van der Waals surface area contributed by atoms with E-state index in [1.54, 1.807) is 18.2 Å². The van der Waals surface area contributed by atoms with Gasteiger partial charge in [-0.25, -0.2) is 4.73 Å². The minimum atomic E-state index is 0.258. The van der Waals surface area contributed by atoms with Gasteiger partial charge in [0.1, 0.15) is 5.69 Å². The molecule has 2 aromatic carbocycles. The fourth-order valence-electron chi connectivity index (χ4n) is 1.91. The van der Waals surface area contributed by atoms with Gasteiger partial charge in [-0.1, -0.05) is 24.3 Å². The second-order valence-corrected chi connectivity index (χ2v) is 4.62. The summed E-state index contributed by atoms with van der Waals surface area (Å²) in [4.78, 5) is 0. The van der Waals surface area contributed by atoms with Crippen LogP contribution in [0.3, 0.4) is 0 Å². The zero-order valence-electron chi connectivity index (χ0n) is 11.8. The topological polar surface area (TPSA) is 63.7 Å². The summed E-state index contributed by atoms with van der Waals surface area (Å²) in [6, 6.07) is 22.4. The van der Waals surface area contributed by atoms with Gasteiger partial charge in [0.05, 0.1) is 11.3 Å². The molecule has 108 valence electrons. The lowest BCUT2D eigenvalue weighted by molar-refractivity contribution is -0.591. The van der Waals surface area contributed by atoms with Gasteiger partial charge in [0, 0.05) is 17.4 Å². The van der Waals surface area contributed by atoms with Gasteiger partial charge in [-0.15, -0.1) is 0 Å². The summed E-state index contributed by atoms with van der Waals surface area (Å²) < 4.78 is 0.675. The van der Waals surface area contributed by atoms with Crippen molar-refractivity contribution in [3.63, 3.8) is 0 Å². The van der Waals surface area contributed by atoms with E-state index in [4.69, 9.17) is 0 Å². The molecule has 0 unspecified atom stereocenters. The van der Waals surface area contributed by atoms with Crippen LogP contribution in [0.15, 0.2) is 89.2 Å². The van der Waals surface area contributed by atoms with E-state index in [0.29, 0.717) is 10.4 Å². The number of nitrogens with zero attached hydrogens (tertiary/aromatic N) is 3. The third-order valence-electron chi connectivity index (χ3n) is 3.00. The van der Waals surface area contributed by atoms with Crippen LogP contribution in [0.25, 0.3) is 0 Å². The Labute approximate surface area is 128 Å². The van der Waals surface area contributed by atoms with Gasteiger partial charge >= 0.3 is 5.82 Å². The number of azo groups is 1. The SMILES string of the molecule is [O-][n+]1ccccc1N=Nc1ccc(Nc2ccccc2)cc1. The highest BCUT2D eigenvalue weighted by Crippen LogP contribution is 2.21. The Morgan fingerprint density at radius 1 is 0.727 bits per heavy atom. The summed E-state index contributed by atoms with van der Waals surface area (Å²) >= 11 is 0. The Kier molecular flexibility index (Phi) is 4.06. The quantitative estimate of drug-likeness (QED) is 0.437. The predicted octanol–water partition coefficient (Wildman–Crippen LogP) is 4.48. The minimum Gasteiger partial charge on any atom is -0.710 e. The van der Waals surface area contributed by atoms with E-state index in [2.05, 4.69) is 15.5 Å². The van der Waals surface area contributed by atoms with Gasteiger partial charge < -0.3 is 10.5 Å². The number of rotatable bonds is 4. The molecule has 0 saturated heterocycles. The number of para-hydroxylation sites is 1. The first-order valence-electron chi connectivity index (χ1n) is 6.83. The lowest BCUT2D eigenvalue weighted by Crippen LogP contribution is -2.24. The Morgan fingerprint density at radius 3 is 2.14 bits per heavy atom. The molecular weight excluding hydrogens is 276 g/mol. The highest BCUT2D eigenvalue weighted by molar-refractivity contribution is 5.61. The standard InChI is InChI=1S/C17H14N4O/c22-21-13-5-4-8-17(21)20-19-16-11-9-15(10-12-16)18-14-6-2-1-3-7-14/h1-13,18H. The Hall–Kier alpha value is -3.21. The van der Waals surface area contributed by atoms with Crippen molar-refractivity contribution < 1.29 is 4.73 Å². The highest BCUT2D eigenvalue weighted by atomic mass is 16.5. The smallest absolute Gasteiger partial charge is 0.353 e. The van der Waals surface area contributed by atoms with Crippen molar-refractivity contribution in [1.29, 1.82) is 0 Å². The maximum atomic E-state index is 11.5. The number of nitrogens with one attached hydrogen (secondary N) is 1. The van der Waals surface area contributed by atoms with Gasteiger partial charge in [0.2, 0.25) is 0 Å². The molecule has 0 radical (unpaired) electrons. The maximum absolute atomic E-state index is 11.5. The summed E-state index contributed by atoms with van der Waals surface area (Å²) in [5.41, 5.74) is 2.67. The highest BCUT2D eigenvalue weighted by Gasteiger charge is 2.02. The minimum absolute atomic E-state index is 0.258. The summed E-state index contributed by atoms with van der Waals surface area (Å²) in [7, 11) is 0. The fraction of sp³-hybridized carbons (Fsp3) is 0. The number of anilines is 2. The number of pyridine rings is 1. The van der Waals surface area contributed by atoms with E-state index in [1.165, 1.54) is 6.20 Å². The molecule has 1 aromatic heterocycles. The number of aromatic nitrogens is 1. The Morgan fingerprint density at radius 2 is 1.41 bits per heavy atom. The van der Waals surface area contributed by atoms with Crippen LogP contribution in [0.5, 0.6) is 0 Å². The third kappa shape index (κ3) is 3.46. The first kappa shape index (κ1) is 13.8. The molecule has 22 heavy (non-hydrogen) atoms. The average molecular weight is 290 g/mol. The monoisotopic (exact) mass is 290 g/mol. The van der Waals surface area contributed by atoms with Gasteiger partial charge in [0.25, 0.3) is 0 Å². The van der Waals surface area contributed by atoms with Crippen molar-refractivity contribution >= 4 is 22.9 Å². The molecule has 5 nitrogen and oxygen atoms in total. The molecule has 3 rings (SSSR count). The summed E-state index contributed by atoms with van der Waals surface area (Å²) in [5, 5.41) is 22.7. The zero-order valence-corrected chi connectivity index (χ0v) is 11.8. The van der Waals surface area contributed by atoms with E-state index >= 15 is 0 Å². The van der Waals surface area contributed by atoms with Crippen LogP contribution < -0.4 is 10.0 Å². The number of hydrogen-bond donors (Lipinski definition) is 1. The van der Waals surface area contributed by atoms with E-state index in [9.17, 15) is 5.21 Å². The first-order valence-corrected chi connectivity index (χ1v) is 6.83. The molecule has 1 heterocycles. The lowest BCUT2D eigenvalue weighted by atomic mass is 10.2. The van der Waals surface area contributed by atoms with Crippen LogP contribution in [0.4, 0.5) is 22.9 Å². The van der Waals surface area contributed by atoms with Crippen molar-refractivity contribution in [2.75, 3.05) is 5.32 Å². The molecule has 1 N–H and O–H groups in total. The first-order chi connectivity index (χ1) is 10.8. The second-order valence-electron chi connectivity index (χ2n) is 4.62. The fourth-order valence-corrected chi connectivity index (χ4v) is 1.91. The zero-order chi connectivity index (χ0) is 15.2. The van der Waals surface area contributed by atoms with E-state index in [0.717, 1.165) is 11.4 Å². The van der Waals surface area contributed by atoms with Crippen LogP contribution in [-0.2, 0) is 0 Å². The van der Waals surface area contributed by atoms with Gasteiger partial charge in [-0.05, 0) is 47.6 Å². The maximum Gasteiger partial charge on any atom is 0.353 e. The van der Waals surface area contributed by atoms with Gasteiger partial charge in [-0.2, -0.15) is 0 Å². The van der Waals surface area contributed by atoms with E-state index < -0.39 is 0 Å². The number of hydrogen-bond acceptors (Lipinski definition) is 4. The van der Waals surface area contributed by atoms with Crippen molar-refractivity contribution in [2.24, 2.45) is 10.2 Å². The molecule has 0 saturated carbocycles. The lowest BCUT2D eigenvalue weighted by Gasteiger charge is -2.05. The van der Waals surface area contributed by atoms with Crippen LogP contribution in [-0.4, -0.2) is 0 Å². The van der Waals surface area contributed by atoms with Crippen LogP contribution in [0.1, 0.15) is 0 Å². The van der Waals surface area contributed by atoms with E-state index in [-0.39, 0.29) is 5.82 Å². The normalized spacial score (nSPS) is 10.7. The summed E-state index contributed by atoms with van der Waals surface area (Å²) in [5.74, 6) is 0.258. The molecule has 0 aliphatic rings. The predicted molar refractivity (Wildman–Crippen MR) is 85.7 cm³/mol. The molecule has 0 atom stereocenters. The van der Waals surface area contributed by atoms with E-state index in [1.807, 2.05) is 54.6 Å². The van der Waals surface area contributed by atoms with Crippen LogP contribution >= 0.6 is 0 Å². The van der Waals surface area contributed by atoms with Crippen molar-refractivity contribution in [1.82, 2.24) is 0 Å². The molecular formula is C17H14N4O. The molecule has 0 aliphatic heterocycles. The average Bonchev–Trinajstić information content (AvgIpc) is 2.56. The molecule has 0 bridgehead atoms. The molecule has 0 aliphatic carbocycles.